The van der Waals surface area contributed by atoms with Gasteiger partial charge in [0, 0.05) is 19.6 Å². The maximum absolute atomic E-state index is 11.6. The average molecular weight is 228 g/mol. The molecule has 16 heavy (non-hydrogen) atoms. The van der Waals surface area contributed by atoms with Gasteiger partial charge < -0.3 is 15.4 Å². The van der Waals surface area contributed by atoms with Gasteiger partial charge in [0.2, 0.25) is 11.8 Å². The lowest BCUT2D eigenvalue weighted by molar-refractivity contribution is -0.128. The molecule has 1 rings (SSSR count). The maximum atomic E-state index is 11.6. The lowest BCUT2D eigenvalue weighted by Gasteiger charge is -2.15. The summed E-state index contributed by atoms with van der Waals surface area (Å²) in [5.41, 5.74) is 0. The zero-order chi connectivity index (χ0) is 12.0. The molecule has 0 unspecified atom stereocenters. The van der Waals surface area contributed by atoms with Gasteiger partial charge in [-0.1, -0.05) is 6.92 Å². The highest BCUT2D eigenvalue weighted by molar-refractivity contribution is 5.87. The van der Waals surface area contributed by atoms with Gasteiger partial charge in [0.1, 0.15) is 6.04 Å². The Labute approximate surface area is 95.9 Å². The molecule has 5 nitrogen and oxygen atoms in total. The van der Waals surface area contributed by atoms with Crippen molar-refractivity contribution in [3.05, 3.63) is 0 Å². The van der Waals surface area contributed by atoms with Crippen LogP contribution in [0.4, 0.5) is 0 Å². The summed E-state index contributed by atoms with van der Waals surface area (Å²) < 4.78 is 5.38. The highest BCUT2D eigenvalue weighted by atomic mass is 16.5. The van der Waals surface area contributed by atoms with Crippen LogP contribution in [0.2, 0.25) is 0 Å². The lowest BCUT2D eigenvalue weighted by Crippen LogP contribution is -2.46. The molecule has 1 aliphatic heterocycles. The summed E-state index contributed by atoms with van der Waals surface area (Å²) in [7, 11) is 0. The topological polar surface area (TPSA) is 67.4 Å². The Morgan fingerprint density at radius 2 is 2.25 bits per heavy atom. The molecule has 0 aromatic rings. The molecule has 2 N–H and O–H groups in total. The average Bonchev–Trinajstić information content (AvgIpc) is 2.78. The van der Waals surface area contributed by atoms with Crippen molar-refractivity contribution in [2.45, 2.75) is 45.3 Å². The zero-order valence-corrected chi connectivity index (χ0v) is 9.91. The maximum Gasteiger partial charge on any atom is 0.242 e. The Hall–Kier alpha value is -1.10. The van der Waals surface area contributed by atoms with E-state index in [0.717, 1.165) is 19.4 Å². The molecule has 1 saturated heterocycles. The van der Waals surface area contributed by atoms with Gasteiger partial charge in [0.15, 0.2) is 0 Å². The third-order valence-electron chi connectivity index (χ3n) is 2.62. The number of carbonyl (C=O) groups excluding carboxylic acids is 2. The minimum Gasteiger partial charge on any atom is -0.376 e. The van der Waals surface area contributed by atoms with Crippen molar-refractivity contribution in [1.29, 1.82) is 0 Å². The molecule has 5 heteroatoms. The van der Waals surface area contributed by atoms with Crippen molar-refractivity contribution in [2.24, 2.45) is 0 Å². The van der Waals surface area contributed by atoms with E-state index < -0.39 is 6.04 Å². The Morgan fingerprint density at radius 3 is 2.81 bits per heavy atom. The summed E-state index contributed by atoms with van der Waals surface area (Å²) in [6, 6.07) is -0.478. The summed E-state index contributed by atoms with van der Waals surface area (Å²) in [4.78, 5) is 22.6. The van der Waals surface area contributed by atoms with Crippen LogP contribution < -0.4 is 10.6 Å². The highest BCUT2D eigenvalue weighted by Gasteiger charge is 2.19. The fourth-order valence-electron chi connectivity index (χ4n) is 1.58. The fraction of sp³-hybridized carbons (Fsp3) is 0.818. The van der Waals surface area contributed by atoms with Crippen molar-refractivity contribution < 1.29 is 14.3 Å². The highest BCUT2D eigenvalue weighted by Crippen LogP contribution is 2.10. The summed E-state index contributed by atoms with van der Waals surface area (Å²) in [6.45, 7) is 4.75. The SMILES string of the molecule is CCC(=O)N[C@H](C)C(=O)NC[C@H]1CCCO1. The van der Waals surface area contributed by atoms with Gasteiger partial charge in [0.25, 0.3) is 0 Å². The third-order valence-corrected chi connectivity index (χ3v) is 2.62. The Morgan fingerprint density at radius 1 is 1.50 bits per heavy atom. The number of hydrogen-bond donors (Lipinski definition) is 2. The standard InChI is InChI=1S/C11H20N2O3/c1-3-10(14)13-8(2)11(15)12-7-9-5-4-6-16-9/h8-9H,3-7H2,1-2H3,(H,12,15)(H,13,14)/t8-,9-/m1/s1. The molecule has 1 heterocycles. The van der Waals surface area contributed by atoms with Crippen LogP contribution in [-0.2, 0) is 14.3 Å². The van der Waals surface area contributed by atoms with Crippen LogP contribution >= 0.6 is 0 Å². The van der Waals surface area contributed by atoms with Crippen LogP contribution in [0, 0.1) is 0 Å². The lowest BCUT2D eigenvalue weighted by atomic mass is 10.2. The van der Waals surface area contributed by atoms with E-state index in [9.17, 15) is 9.59 Å². The van der Waals surface area contributed by atoms with Gasteiger partial charge in [-0.05, 0) is 19.8 Å². The number of ether oxygens (including phenoxy) is 1. The molecule has 2 amide bonds. The molecule has 0 bridgehead atoms. The van der Waals surface area contributed by atoms with Crippen molar-refractivity contribution in [1.82, 2.24) is 10.6 Å². The molecule has 0 spiro atoms. The molecular weight excluding hydrogens is 208 g/mol. The van der Waals surface area contributed by atoms with Crippen LogP contribution in [0.5, 0.6) is 0 Å². The van der Waals surface area contributed by atoms with Crippen LogP contribution in [0.1, 0.15) is 33.1 Å². The zero-order valence-electron chi connectivity index (χ0n) is 9.91. The van der Waals surface area contributed by atoms with E-state index in [1.807, 2.05) is 0 Å². The smallest absolute Gasteiger partial charge is 0.242 e. The van der Waals surface area contributed by atoms with Crippen molar-refractivity contribution in [3.8, 4) is 0 Å². The second kappa shape index (κ2) is 6.48. The number of rotatable bonds is 5. The summed E-state index contributed by atoms with van der Waals surface area (Å²) in [5.74, 6) is -0.267. The number of hydrogen-bond acceptors (Lipinski definition) is 3. The predicted molar refractivity (Wildman–Crippen MR) is 59.9 cm³/mol. The number of nitrogens with one attached hydrogen (secondary N) is 2. The Kier molecular flexibility index (Phi) is 5.25. The van der Waals surface area contributed by atoms with Gasteiger partial charge in [-0.15, -0.1) is 0 Å². The van der Waals surface area contributed by atoms with E-state index in [2.05, 4.69) is 10.6 Å². The monoisotopic (exact) mass is 228 g/mol. The predicted octanol–water partition coefficient (Wildman–Crippen LogP) is 0.196. The van der Waals surface area contributed by atoms with E-state index >= 15 is 0 Å². The van der Waals surface area contributed by atoms with Gasteiger partial charge in [-0.3, -0.25) is 9.59 Å². The first-order chi connectivity index (χ1) is 7.63. The fourth-order valence-corrected chi connectivity index (χ4v) is 1.58. The largest absolute Gasteiger partial charge is 0.376 e. The molecule has 0 aromatic carbocycles. The normalized spacial score (nSPS) is 21.5. The van der Waals surface area contributed by atoms with Gasteiger partial charge in [0.05, 0.1) is 6.10 Å². The Balaban J connectivity index is 2.20. The van der Waals surface area contributed by atoms with Crippen LogP contribution in [0.3, 0.4) is 0 Å². The Bertz CT molecular complexity index is 250. The van der Waals surface area contributed by atoms with Crippen molar-refractivity contribution in [2.75, 3.05) is 13.2 Å². The van der Waals surface area contributed by atoms with Gasteiger partial charge in [-0.2, -0.15) is 0 Å². The first kappa shape index (κ1) is 13.0. The van der Waals surface area contributed by atoms with Crippen molar-refractivity contribution >= 4 is 11.8 Å². The number of amides is 2. The van der Waals surface area contributed by atoms with E-state index in [4.69, 9.17) is 4.74 Å². The molecule has 1 fully saturated rings. The van der Waals surface area contributed by atoms with E-state index in [0.29, 0.717) is 13.0 Å². The van der Waals surface area contributed by atoms with Crippen LogP contribution in [0.25, 0.3) is 0 Å². The number of carbonyl (C=O) groups is 2. The molecule has 0 aromatic heterocycles. The summed E-state index contributed by atoms with van der Waals surface area (Å²) >= 11 is 0. The first-order valence-electron chi connectivity index (χ1n) is 5.82. The van der Waals surface area contributed by atoms with E-state index in [1.165, 1.54) is 0 Å². The van der Waals surface area contributed by atoms with E-state index in [1.54, 1.807) is 13.8 Å². The summed E-state index contributed by atoms with van der Waals surface area (Å²) in [6.07, 6.45) is 2.58. The minimum absolute atomic E-state index is 0.111. The first-order valence-corrected chi connectivity index (χ1v) is 5.82. The molecule has 0 radical (unpaired) electrons. The van der Waals surface area contributed by atoms with Crippen molar-refractivity contribution in [3.63, 3.8) is 0 Å². The molecule has 1 aliphatic rings. The van der Waals surface area contributed by atoms with Gasteiger partial charge >= 0.3 is 0 Å². The molecule has 0 saturated carbocycles. The van der Waals surface area contributed by atoms with E-state index in [-0.39, 0.29) is 17.9 Å². The molecule has 92 valence electrons. The summed E-state index contributed by atoms with van der Waals surface area (Å²) in [5, 5.41) is 5.39. The quantitative estimate of drug-likeness (QED) is 0.706. The van der Waals surface area contributed by atoms with Gasteiger partial charge in [-0.25, -0.2) is 0 Å². The second-order valence-corrected chi connectivity index (χ2v) is 4.02. The molecular formula is C11H20N2O3. The minimum atomic E-state index is -0.478. The van der Waals surface area contributed by atoms with Crippen LogP contribution in [-0.4, -0.2) is 37.1 Å². The molecule has 2 atom stereocenters. The third kappa shape index (κ3) is 4.18. The second-order valence-electron chi connectivity index (χ2n) is 4.02. The van der Waals surface area contributed by atoms with Crippen LogP contribution in [0.15, 0.2) is 0 Å². The molecule has 0 aliphatic carbocycles.